The monoisotopic (exact) mass is 346 g/mol. The van der Waals surface area contributed by atoms with E-state index in [1.807, 2.05) is 6.07 Å². The third-order valence-electron chi connectivity index (χ3n) is 7.22. The van der Waals surface area contributed by atoms with Crippen molar-refractivity contribution in [2.75, 3.05) is 19.6 Å². The van der Waals surface area contributed by atoms with Gasteiger partial charge in [-0.3, -0.25) is 0 Å². The van der Waals surface area contributed by atoms with Crippen molar-refractivity contribution in [3.63, 3.8) is 0 Å². The normalized spacial score (nSPS) is 51.0. The van der Waals surface area contributed by atoms with E-state index in [9.17, 15) is 15.3 Å². The number of piperidine rings is 1. The summed E-state index contributed by atoms with van der Waals surface area (Å²) in [5, 5.41) is 33.5. The van der Waals surface area contributed by atoms with Gasteiger partial charge in [0, 0.05) is 33.9 Å². The van der Waals surface area contributed by atoms with Crippen LogP contribution in [-0.4, -0.2) is 57.6 Å². The van der Waals surface area contributed by atoms with Gasteiger partial charge < -0.3 is 25.0 Å². The van der Waals surface area contributed by atoms with Crippen LogP contribution in [0.2, 0.25) is 0 Å². The second-order valence-electron chi connectivity index (χ2n) is 8.62. The molecular formula is C20H25NO4. The molecule has 0 aromatic heterocycles. The Labute approximate surface area is 151 Å². The summed E-state index contributed by atoms with van der Waals surface area (Å²) < 4.78 is 31.3. The Bertz CT molecular complexity index is 888. The van der Waals surface area contributed by atoms with E-state index in [-0.39, 0.29) is 23.8 Å². The molecule has 1 saturated heterocycles. The fourth-order valence-corrected chi connectivity index (χ4v) is 5.94. The molecular weight excluding hydrogens is 318 g/mol. The van der Waals surface area contributed by atoms with Gasteiger partial charge in [0.25, 0.3) is 0 Å². The number of nitrogens with zero attached hydrogens (tertiary/aromatic N) is 1. The van der Waals surface area contributed by atoms with Crippen LogP contribution in [0.1, 0.15) is 40.9 Å². The molecule has 2 aliphatic heterocycles. The lowest BCUT2D eigenvalue weighted by molar-refractivity contribution is -0.208. The predicted molar refractivity (Wildman–Crippen MR) is 90.7 cm³/mol. The Kier molecular flexibility index (Phi) is 2.19. The van der Waals surface area contributed by atoms with E-state index >= 15 is 0 Å². The summed E-state index contributed by atoms with van der Waals surface area (Å²) in [7, 11) is 0. The zero-order chi connectivity index (χ0) is 19.7. The molecule has 3 fully saturated rings. The molecule has 5 heteroatoms. The third-order valence-corrected chi connectivity index (χ3v) is 7.22. The SMILES string of the molecule is [2H]C1([2H])C[C@@]2(O)[C@H]3Cc4ccc(O)c5c4[C@@]2(CN(CC2CC2)C3)[C@@H](O5)C1([2H])O. The zero-order valence-corrected chi connectivity index (χ0v) is 14.0. The van der Waals surface area contributed by atoms with Crippen molar-refractivity contribution in [2.45, 2.75) is 55.3 Å². The summed E-state index contributed by atoms with van der Waals surface area (Å²) in [6, 6.07) is 3.40. The van der Waals surface area contributed by atoms with Gasteiger partial charge in [-0.15, -0.1) is 0 Å². The fraction of sp³-hybridized carbons (Fsp3) is 0.700. The zero-order valence-electron chi connectivity index (χ0n) is 17.0. The molecule has 1 aromatic rings. The highest BCUT2D eigenvalue weighted by Crippen LogP contribution is 2.65. The first-order chi connectivity index (χ1) is 13.1. The van der Waals surface area contributed by atoms with Crippen LogP contribution in [0.15, 0.2) is 12.1 Å². The largest absolute Gasteiger partial charge is 0.504 e. The molecule has 134 valence electrons. The van der Waals surface area contributed by atoms with Crippen molar-refractivity contribution in [1.82, 2.24) is 4.90 Å². The van der Waals surface area contributed by atoms with Crippen molar-refractivity contribution in [3.8, 4) is 11.5 Å². The molecule has 5 nitrogen and oxygen atoms in total. The maximum absolute atomic E-state index is 12.0. The Morgan fingerprint density at radius 3 is 3.04 bits per heavy atom. The highest BCUT2D eigenvalue weighted by atomic mass is 16.5. The van der Waals surface area contributed by atoms with E-state index in [4.69, 9.17) is 8.85 Å². The highest BCUT2D eigenvalue weighted by molar-refractivity contribution is 5.62. The van der Waals surface area contributed by atoms with Crippen molar-refractivity contribution in [1.29, 1.82) is 0 Å². The summed E-state index contributed by atoms with van der Waals surface area (Å²) >= 11 is 0. The minimum Gasteiger partial charge on any atom is -0.504 e. The average Bonchev–Trinajstić information content (AvgIpc) is 3.31. The topological polar surface area (TPSA) is 73.2 Å². The summed E-state index contributed by atoms with van der Waals surface area (Å²) in [6.07, 6.45) is -3.48. The van der Waals surface area contributed by atoms with Crippen molar-refractivity contribution in [3.05, 3.63) is 23.3 Å². The van der Waals surface area contributed by atoms with Crippen LogP contribution in [0.3, 0.4) is 0 Å². The second-order valence-corrected chi connectivity index (χ2v) is 8.62. The molecule has 25 heavy (non-hydrogen) atoms. The number of hydrogen-bond donors (Lipinski definition) is 3. The van der Waals surface area contributed by atoms with E-state index in [2.05, 4.69) is 4.90 Å². The Balaban J connectivity index is 1.61. The smallest absolute Gasteiger partial charge is 0.165 e. The van der Waals surface area contributed by atoms with Crippen LogP contribution in [-0.2, 0) is 11.8 Å². The van der Waals surface area contributed by atoms with Crippen LogP contribution in [0.25, 0.3) is 0 Å². The lowest BCUT2D eigenvalue weighted by Gasteiger charge is -2.63. The quantitative estimate of drug-likeness (QED) is 0.750. The molecule has 1 spiro atoms. The number of aliphatic hydroxyl groups is 2. The Morgan fingerprint density at radius 1 is 1.40 bits per heavy atom. The number of ether oxygens (including phenoxy) is 1. The summed E-state index contributed by atoms with van der Waals surface area (Å²) in [4.78, 5) is 2.30. The van der Waals surface area contributed by atoms with Gasteiger partial charge in [0.1, 0.15) is 6.10 Å². The van der Waals surface area contributed by atoms with Gasteiger partial charge >= 0.3 is 0 Å². The first-order valence-electron chi connectivity index (χ1n) is 10.8. The van der Waals surface area contributed by atoms with Crippen LogP contribution in [0.5, 0.6) is 11.5 Å². The number of benzene rings is 1. The van der Waals surface area contributed by atoms with Crippen LogP contribution in [0.4, 0.5) is 0 Å². The molecule has 1 aromatic carbocycles. The molecule has 1 unspecified atom stereocenters. The first kappa shape index (κ1) is 12.2. The first-order valence-corrected chi connectivity index (χ1v) is 9.29. The number of hydrogen-bond acceptors (Lipinski definition) is 5. The molecule has 5 aliphatic rings. The molecule has 2 heterocycles. The standard InChI is InChI=1S/C20H25NO4/c22-14-4-3-12-7-13-9-21(8-11-1-2-11)10-19-16(12)17(14)25-18(19)15(23)5-6-20(13,19)24/h3-4,11,13,15,18,22-24H,1-2,5-10H2/t13-,15?,18-,19-,20+/m0/s1/i5D2,15D. The van der Waals surface area contributed by atoms with E-state index in [0.29, 0.717) is 31.0 Å². The predicted octanol–water partition coefficient (Wildman–Crippen LogP) is 1.17. The molecule has 0 amide bonds. The Hall–Kier alpha value is -1.30. The van der Waals surface area contributed by atoms with Gasteiger partial charge in [0.2, 0.25) is 0 Å². The van der Waals surface area contributed by atoms with Gasteiger partial charge in [0.05, 0.1) is 18.5 Å². The minimum atomic E-state index is -2.54. The fourth-order valence-electron chi connectivity index (χ4n) is 5.94. The van der Waals surface area contributed by atoms with E-state index in [1.165, 1.54) is 12.8 Å². The molecule has 6 rings (SSSR count). The third kappa shape index (κ3) is 1.65. The minimum absolute atomic E-state index is 0.0843. The summed E-state index contributed by atoms with van der Waals surface area (Å²) in [5.41, 5.74) is -0.901. The highest BCUT2D eigenvalue weighted by Gasteiger charge is 2.72. The van der Waals surface area contributed by atoms with Crippen molar-refractivity contribution in [2.24, 2.45) is 11.8 Å². The molecule has 3 N–H and O–H groups in total. The number of rotatable bonds is 2. The number of likely N-dealkylation sites (tertiary alicyclic amines) is 1. The lowest BCUT2D eigenvalue weighted by Crippen LogP contribution is -2.76. The van der Waals surface area contributed by atoms with Gasteiger partial charge in [-0.25, -0.2) is 0 Å². The van der Waals surface area contributed by atoms with Gasteiger partial charge in [-0.2, -0.15) is 0 Å². The Morgan fingerprint density at radius 2 is 2.24 bits per heavy atom. The number of phenols is 1. The second kappa shape index (κ2) is 4.51. The molecule has 0 radical (unpaired) electrons. The van der Waals surface area contributed by atoms with Crippen LogP contribution >= 0.6 is 0 Å². The van der Waals surface area contributed by atoms with Crippen molar-refractivity contribution < 1.29 is 24.2 Å². The van der Waals surface area contributed by atoms with E-state index < -0.39 is 29.6 Å². The van der Waals surface area contributed by atoms with E-state index in [0.717, 1.165) is 12.1 Å². The van der Waals surface area contributed by atoms with Crippen LogP contribution in [0, 0.1) is 11.8 Å². The molecule has 2 saturated carbocycles. The molecule has 5 atom stereocenters. The van der Waals surface area contributed by atoms with Crippen molar-refractivity contribution >= 4 is 0 Å². The maximum atomic E-state index is 12.0. The van der Waals surface area contributed by atoms with Gasteiger partial charge in [-0.05, 0) is 49.6 Å². The molecule has 3 aliphatic carbocycles. The number of phenolic OH excluding ortho intramolecular Hbond substituents is 1. The lowest BCUT2D eigenvalue weighted by atomic mass is 9.48. The number of aromatic hydroxyl groups is 1. The van der Waals surface area contributed by atoms with Crippen LogP contribution < -0.4 is 4.74 Å². The molecule has 2 bridgehead atoms. The summed E-state index contributed by atoms with van der Waals surface area (Å²) in [6.45, 7) is 1.99. The van der Waals surface area contributed by atoms with Gasteiger partial charge in [-0.1, -0.05) is 6.07 Å². The van der Waals surface area contributed by atoms with E-state index in [1.54, 1.807) is 6.07 Å². The average molecular weight is 346 g/mol. The summed E-state index contributed by atoms with van der Waals surface area (Å²) in [5.74, 6) is 0.562. The maximum Gasteiger partial charge on any atom is 0.165 e. The van der Waals surface area contributed by atoms with Gasteiger partial charge in [0.15, 0.2) is 11.5 Å².